The summed E-state index contributed by atoms with van der Waals surface area (Å²) in [6.07, 6.45) is 0. The van der Waals surface area contributed by atoms with Gasteiger partial charge in [0.1, 0.15) is 6.54 Å². The number of hydrogen-bond acceptors (Lipinski definition) is 2. The van der Waals surface area contributed by atoms with Crippen molar-refractivity contribution in [1.82, 2.24) is 9.80 Å². The standard InChI is InChI=1S/C10H18N2O2/c1-5-12-8(13)6-11(9(12)14)7-10(2,3)4/h5-7H2,1-4H3. The number of nitrogens with zero attached hydrogens (tertiary/aromatic N) is 2. The van der Waals surface area contributed by atoms with Crippen LogP contribution in [-0.4, -0.2) is 41.4 Å². The molecule has 0 atom stereocenters. The van der Waals surface area contributed by atoms with Crippen LogP contribution in [0.15, 0.2) is 0 Å². The highest BCUT2D eigenvalue weighted by Gasteiger charge is 2.36. The molecule has 0 radical (unpaired) electrons. The number of urea groups is 1. The van der Waals surface area contributed by atoms with Gasteiger partial charge in [-0.1, -0.05) is 20.8 Å². The molecule has 0 saturated carbocycles. The zero-order valence-corrected chi connectivity index (χ0v) is 9.33. The van der Waals surface area contributed by atoms with E-state index in [0.29, 0.717) is 13.1 Å². The highest BCUT2D eigenvalue weighted by molar-refractivity contribution is 6.01. The molecule has 1 saturated heterocycles. The lowest BCUT2D eigenvalue weighted by molar-refractivity contribution is -0.125. The van der Waals surface area contributed by atoms with Crippen LogP contribution in [0.1, 0.15) is 27.7 Å². The van der Waals surface area contributed by atoms with E-state index in [1.165, 1.54) is 4.90 Å². The monoisotopic (exact) mass is 198 g/mol. The van der Waals surface area contributed by atoms with E-state index in [9.17, 15) is 9.59 Å². The van der Waals surface area contributed by atoms with E-state index in [1.807, 2.05) is 6.92 Å². The lowest BCUT2D eigenvalue weighted by atomic mass is 9.96. The maximum Gasteiger partial charge on any atom is 0.327 e. The van der Waals surface area contributed by atoms with Crippen molar-refractivity contribution in [3.8, 4) is 0 Å². The second-order valence-electron chi connectivity index (χ2n) is 4.84. The first-order valence-electron chi connectivity index (χ1n) is 4.94. The molecule has 1 rings (SSSR count). The normalized spacial score (nSPS) is 18.3. The van der Waals surface area contributed by atoms with Gasteiger partial charge in [-0.2, -0.15) is 0 Å². The Hall–Kier alpha value is -1.06. The summed E-state index contributed by atoms with van der Waals surface area (Å²) in [5.74, 6) is -0.0817. The van der Waals surface area contributed by atoms with E-state index >= 15 is 0 Å². The van der Waals surface area contributed by atoms with Crippen LogP contribution in [0, 0.1) is 5.41 Å². The van der Waals surface area contributed by atoms with Crippen molar-refractivity contribution in [2.75, 3.05) is 19.6 Å². The number of amides is 3. The van der Waals surface area contributed by atoms with E-state index in [1.54, 1.807) is 4.90 Å². The molecule has 1 aliphatic heterocycles. The summed E-state index contributed by atoms with van der Waals surface area (Å²) in [7, 11) is 0. The van der Waals surface area contributed by atoms with Crippen LogP contribution in [0.3, 0.4) is 0 Å². The molecule has 80 valence electrons. The second-order valence-corrected chi connectivity index (χ2v) is 4.84. The van der Waals surface area contributed by atoms with Crippen LogP contribution in [0.4, 0.5) is 4.79 Å². The zero-order valence-electron chi connectivity index (χ0n) is 9.33. The average Bonchev–Trinajstić information content (AvgIpc) is 2.24. The van der Waals surface area contributed by atoms with E-state index in [2.05, 4.69) is 20.8 Å². The molecule has 0 bridgehead atoms. The molecule has 0 spiro atoms. The summed E-state index contributed by atoms with van der Waals surface area (Å²) in [6.45, 7) is 9.32. The van der Waals surface area contributed by atoms with Gasteiger partial charge in [-0.05, 0) is 12.3 Å². The van der Waals surface area contributed by atoms with E-state index < -0.39 is 0 Å². The fourth-order valence-electron chi connectivity index (χ4n) is 1.60. The van der Waals surface area contributed by atoms with Crippen molar-refractivity contribution < 1.29 is 9.59 Å². The Labute approximate surface area is 84.9 Å². The van der Waals surface area contributed by atoms with Gasteiger partial charge in [0.25, 0.3) is 0 Å². The van der Waals surface area contributed by atoms with Gasteiger partial charge < -0.3 is 4.90 Å². The average molecular weight is 198 g/mol. The Kier molecular flexibility index (Phi) is 2.83. The minimum Gasteiger partial charge on any atom is -0.314 e. The van der Waals surface area contributed by atoms with Crippen molar-refractivity contribution in [3.63, 3.8) is 0 Å². The molecule has 4 nitrogen and oxygen atoms in total. The van der Waals surface area contributed by atoms with Crippen LogP contribution >= 0.6 is 0 Å². The molecular weight excluding hydrogens is 180 g/mol. The molecule has 1 heterocycles. The van der Waals surface area contributed by atoms with Gasteiger partial charge in [-0.3, -0.25) is 9.69 Å². The number of imide groups is 1. The summed E-state index contributed by atoms with van der Waals surface area (Å²) in [4.78, 5) is 25.9. The van der Waals surface area contributed by atoms with Gasteiger partial charge in [-0.25, -0.2) is 4.79 Å². The molecular formula is C10H18N2O2. The van der Waals surface area contributed by atoms with Gasteiger partial charge in [0.2, 0.25) is 5.91 Å². The third kappa shape index (κ3) is 2.25. The molecule has 1 aliphatic rings. The summed E-state index contributed by atoms with van der Waals surface area (Å²) in [5, 5.41) is 0. The van der Waals surface area contributed by atoms with Gasteiger partial charge in [0.05, 0.1) is 0 Å². The highest BCUT2D eigenvalue weighted by Crippen LogP contribution is 2.19. The van der Waals surface area contributed by atoms with Crippen LogP contribution in [-0.2, 0) is 4.79 Å². The predicted molar refractivity (Wildman–Crippen MR) is 53.8 cm³/mol. The Balaban J connectivity index is 2.67. The van der Waals surface area contributed by atoms with Gasteiger partial charge in [0.15, 0.2) is 0 Å². The number of carbonyl (C=O) groups excluding carboxylic acids is 2. The van der Waals surface area contributed by atoms with E-state index in [4.69, 9.17) is 0 Å². The van der Waals surface area contributed by atoms with Crippen LogP contribution in [0.25, 0.3) is 0 Å². The first-order valence-corrected chi connectivity index (χ1v) is 4.94. The first kappa shape index (κ1) is 11.0. The number of carbonyl (C=O) groups is 2. The van der Waals surface area contributed by atoms with Crippen LogP contribution in [0.2, 0.25) is 0 Å². The van der Waals surface area contributed by atoms with Gasteiger partial charge in [-0.15, -0.1) is 0 Å². The van der Waals surface area contributed by atoms with Crippen LogP contribution < -0.4 is 0 Å². The number of hydrogen-bond donors (Lipinski definition) is 0. The Bertz CT molecular complexity index is 255. The maximum absolute atomic E-state index is 11.7. The van der Waals surface area contributed by atoms with Crippen LogP contribution in [0.5, 0.6) is 0 Å². The molecule has 0 aromatic rings. The van der Waals surface area contributed by atoms with Crippen molar-refractivity contribution in [1.29, 1.82) is 0 Å². The second kappa shape index (κ2) is 3.59. The molecule has 1 fully saturated rings. The van der Waals surface area contributed by atoms with Gasteiger partial charge >= 0.3 is 6.03 Å². The zero-order chi connectivity index (χ0) is 10.9. The predicted octanol–water partition coefficient (Wildman–Crippen LogP) is 1.32. The fourth-order valence-corrected chi connectivity index (χ4v) is 1.60. The minimum atomic E-state index is -0.146. The quantitative estimate of drug-likeness (QED) is 0.628. The van der Waals surface area contributed by atoms with Crippen molar-refractivity contribution in [3.05, 3.63) is 0 Å². The third-order valence-corrected chi connectivity index (χ3v) is 2.11. The van der Waals surface area contributed by atoms with Crippen molar-refractivity contribution in [2.24, 2.45) is 5.41 Å². The van der Waals surface area contributed by atoms with Crippen molar-refractivity contribution >= 4 is 11.9 Å². The van der Waals surface area contributed by atoms with Crippen molar-refractivity contribution in [2.45, 2.75) is 27.7 Å². The molecule has 0 aliphatic carbocycles. The smallest absolute Gasteiger partial charge is 0.314 e. The lowest BCUT2D eigenvalue weighted by Gasteiger charge is -2.25. The van der Waals surface area contributed by atoms with Gasteiger partial charge in [0, 0.05) is 13.1 Å². The molecule has 0 unspecified atom stereocenters. The lowest BCUT2D eigenvalue weighted by Crippen LogP contribution is -2.37. The summed E-state index contributed by atoms with van der Waals surface area (Å²) in [5.41, 5.74) is 0.0414. The largest absolute Gasteiger partial charge is 0.327 e. The third-order valence-electron chi connectivity index (χ3n) is 2.11. The summed E-state index contributed by atoms with van der Waals surface area (Å²) >= 11 is 0. The molecule has 0 aromatic heterocycles. The first-order chi connectivity index (χ1) is 6.35. The number of rotatable bonds is 2. The number of likely N-dealkylation sites (N-methyl/N-ethyl adjacent to an activating group) is 1. The molecule has 0 N–H and O–H groups in total. The van der Waals surface area contributed by atoms with E-state index in [-0.39, 0.29) is 23.9 Å². The minimum absolute atomic E-state index is 0.0414. The molecule has 14 heavy (non-hydrogen) atoms. The summed E-state index contributed by atoms with van der Waals surface area (Å²) in [6, 6.07) is -0.146. The Morgan fingerprint density at radius 1 is 1.29 bits per heavy atom. The van der Waals surface area contributed by atoms with E-state index in [0.717, 1.165) is 0 Å². The Morgan fingerprint density at radius 3 is 2.21 bits per heavy atom. The summed E-state index contributed by atoms with van der Waals surface area (Å²) < 4.78 is 0. The fraction of sp³-hybridized carbons (Fsp3) is 0.800. The molecule has 3 amide bonds. The molecule has 4 heteroatoms. The molecule has 0 aromatic carbocycles. The Morgan fingerprint density at radius 2 is 1.86 bits per heavy atom. The highest BCUT2D eigenvalue weighted by atomic mass is 16.2. The SMILES string of the molecule is CCN1C(=O)CN(CC(C)(C)C)C1=O. The maximum atomic E-state index is 11.7. The topological polar surface area (TPSA) is 40.6 Å².